The van der Waals surface area contributed by atoms with Crippen LogP contribution in [0.15, 0.2) is 12.4 Å². The fourth-order valence-electron chi connectivity index (χ4n) is 1.95. The highest BCUT2D eigenvalue weighted by Crippen LogP contribution is 2.12. The Kier molecular flexibility index (Phi) is 4.31. The van der Waals surface area contributed by atoms with Crippen LogP contribution in [0.4, 0.5) is 0 Å². The van der Waals surface area contributed by atoms with E-state index in [-0.39, 0.29) is 0 Å². The Hall–Kier alpha value is -1.69. The zero-order valence-electron chi connectivity index (χ0n) is 12.1. The quantitative estimate of drug-likeness (QED) is 0.852. The third-order valence-corrected chi connectivity index (χ3v) is 2.86. The van der Waals surface area contributed by atoms with Gasteiger partial charge in [0.05, 0.1) is 23.8 Å². The van der Waals surface area contributed by atoms with Crippen LogP contribution >= 0.6 is 0 Å². The van der Waals surface area contributed by atoms with Crippen molar-refractivity contribution in [3.8, 4) is 5.69 Å². The molecule has 0 saturated heterocycles. The highest BCUT2D eigenvalue weighted by molar-refractivity contribution is 5.33. The zero-order valence-corrected chi connectivity index (χ0v) is 12.1. The summed E-state index contributed by atoms with van der Waals surface area (Å²) in [6, 6.07) is 0. The van der Waals surface area contributed by atoms with Crippen LogP contribution in [0, 0.1) is 5.92 Å². The van der Waals surface area contributed by atoms with Gasteiger partial charge in [0.15, 0.2) is 0 Å². The van der Waals surface area contributed by atoms with Gasteiger partial charge in [-0.25, -0.2) is 4.68 Å². The molecule has 104 valence electrons. The van der Waals surface area contributed by atoms with Gasteiger partial charge in [0.2, 0.25) is 0 Å². The van der Waals surface area contributed by atoms with E-state index in [0.717, 1.165) is 36.6 Å². The van der Waals surface area contributed by atoms with Crippen molar-refractivity contribution in [2.24, 2.45) is 13.0 Å². The first-order valence-electron chi connectivity index (χ1n) is 6.75. The number of nitrogens with zero attached hydrogens (tertiary/aromatic N) is 5. The molecule has 0 saturated carbocycles. The first kappa shape index (κ1) is 13.7. The number of rotatable bonds is 6. The van der Waals surface area contributed by atoms with Crippen molar-refractivity contribution in [2.45, 2.75) is 33.7 Å². The summed E-state index contributed by atoms with van der Waals surface area (Å²) in [7, 11) is 1.92. The van der Waals surface area contributed by atoms with Crippen molar-refractivity contribution in [1.82, 2.24) is 30.1 Å². The van der Waals surface area contributed by atoms with Crippen LogP contribution in [-0.2, 0) is 20.0 Å². The minimum Gasteiger partial charge on any atom is -0.311 e. The Bertz CT molecular complexity index is 525. The van der Waals surface area contributed by atoms with Gasteiger partial charge in [0.25, 0.3) is 0 Å². The third kappa shape index (κ3) is 3.41. The van der Waals surface area contributed by atoms with Gasteiger partial charge in [0, 0.05) is 13.6 Å². The highest BCUT2D eigenvalue weighted by atomic mass is 15.4. The summed E-state index contributed by atoms with van der Waals surface area (Å²) >= 11 is 0. The Morgan fingerprint density at radius 2 is 2.11 bits per heavy atom. The normalized spacial score (nSPS) is 11.4. The average molecular weight is 262 g/mol. The molecule has 2 heterocycles. The van der Waals surface area contributed by atoms with E-state index in [1.165, 1.54) is 0 Å². The summed E-state index contributed by atoms with van der Waals surface area (Å²) in [5, 5.41) is 16.1. The van der Waals surface area contributed by atoms with Gasteiger partial charge in [-0.05, 0) is 18.9 Å². The molecule has 0 amide bonds. The third-order valence-electron chi connectivity index (χ3n) is 2.86. The maximum Gasteiger partial charge on any atom is 0.107 e. The maximum absolute atomic E-state index is 4.41. The predicted octanol–water partition coefficient (Wildman–Crippen LogP) is 1.31. The molecule has 6 heteroatoms. The molecule has 0 unspecified atom stereocenters. The van der Waals surface area contributed by atoms with E-state index in [2.05, 4.69) is 41.5 Å². The van der Waals surface area contributed by atoms with Crippen LogP contribution in [0.5, 0.6) is 0 Å². The Balaban J connectivity index is 2.07. The first-order valence-corrected chi connectivity index (χ1v) is 6.75. The number of hydrogen-bond acceptors (Lipinski definition) is 4. The standard InChI is InChI=1S/C13H22N6/c1-5-12-13(9-18(4)16-12)19-8-11(15-17-19)7-14-6-10(2)3/h8-10,14H,5-7H2,1-4H3. The molecule has 0 atom stereocenters. The Morgan fingerprint density at radius 3 is 2.79 bits per heavy atom. The summed E-state index contributed by atoms with van der Waals surface area (Å²) in [5.74, 6) is 0.639. The lowest BCUT2D eigenvalue weighted by atomic mass is 10.2. The van der Waals surface area contributed by atoms with Gasteiger partial charge < -0.3 is 5.32 Å². The second-order valence-electron chi connectivity index (χ2n) is 5.17. The van der Waals surface area contributed by atoms with Crippen LogP contribution < -0.4 is 5.32 Å². The van der Waals surface area contributed by atoms with Crippen molar-refractivity contribution < 1.29 is 0 Å². The van der Waals surface area contributed by atoms with Crippen molar-refractivity contribution in [2.75, 3.05) is 6.54 Å². The van der Waals surface area contributed by atoms with E-state index in [9.17, 15) is 0 Å². The monoisotopic (exact) mass is 262 g/mol. The second kappa shape index (κ2) is 5.97. The van der Waals surface area contributed by atoms with Crippen molar-refractivity contribution in [3.05, 3.63) is 23.8 Å². The zero-order chi connectivity index (χ0) is 13.8. The van der Waals surface area contributed by atoms with Crippen molar-refractivity contribution in [3.63, 3.8) is 0 Å². The van der Waals surface area contributed by atoms with Gasteiger partial charge >= 0.3 is 0 Å². The minimum atomic E-state index is 0.639. The summed E-state index contributed by atoms with van der Waals surface area (Å²) in [6.45, 7) is 8.20. The fourth-order valence-corrected chi connectivity index (χ4v) is 1.95. The Labute approximate surface area is 113 Å². The Morgan fingerprint density at radius 1 is 1.32 bits per heavy atom. The number of nitrogens with one attached hydrogen (secondary N) is 1. The number of aryl methyl sites for hydroxylation is 2. The molecule has 2 aromatic heterocycles. The van der Waals surface area contributed by atoms with Crippen LogP contribution in [0.2, 0.25) is 0 Å². The van der Waals surface area contributed by atoms with E-state index in [1.807, 2.05) is 24.1 Å². The molecule has 2 aromatic rings. The molecule has 0 aromatic carbocycles. The molecule has 0 aliphatic rings. The van der Waals surface area contributed by atoms with Gasteiger partial charge in [-0.2, -0.15) is 5.10 Å². The summed E-state index contributed by atoms with van der Waals surface area (Å²) in [6.07, 6.45) is 4.82. The predicted molar refractivity (Wildman–Crippen MR) is 74.0 cm³/mol. The van der Waals surface area contributed by atoms with E-state index in [4.69, 9.17) is 0 Å². The summed E-state index contributed by atoms with van der Waals surface area (Å²) in [4.78, 5) is 0. The number of aromatic nitrogens is 5. The van der Waals surface area contributed by atoms with Crippen LogP contribution in [0.25, 0.3) is 5.69 Å². The largest absolute Gasteiger partial charge is 0.311 e. The van der Waals surface area contributed by atoms with Gasteiger partial charge in [-0.15, -0.1) is 5.10 Å². The molecule has 6 nitrogen and oxygen atoms in total. The van der Waals surface area contributed by atoms with E-state index < -0.39 is 0 Å². The van der Waals surface area contributed by atoms with E-state index in [1.54, 1.807) is 4.68 Å². The van der Waals surface area contributed by atoms with Gasteiger partial charge in [-0.1, -0.05) is 26.0 Å². The maximum atomic E-state index is 4.41. The molecule has 0 spiro atoms. The molecule has 19 heavy (non-hydrogen) atoms. The highest BCUT2D eigenvalue weighted by Gasteiger charge is 2.10. The van der Waals surface area contributed by atoms with E-state index in [0.29, 0.717) is 5.92 Å². The van der Waals surface area contributed by atoms with Crippen molar-refractivity contribution >= 4 is 0 Å². The molecule has 0 aliphatic carbocycles. The lowest BCUT2D eigenvalue weighted by Gasteiger charge is -2.04. The first-order chi connectivity index (χ1) is 9.10. The average Bonchev–Trinajstić information content (AvgIpc) is 2.94. The molecule has 0 aliphatic heterocycles. The molecule has 0 fully saturated rings. The smallest absolute Gasteiger partial charge is 0.107 e. The van der Waals surface area contributed by atoms with Crippen LogP contribution in [0.1, 0.15) is 32.2 Å². The molecule has 2 rings (SSSR count). The summed E-state index contributed by atoms with van der Waals surface area (Å²) < 4.78 is 3.62. The topological polar surface area (TPSA) is 60.6 Å². The SMILES string of the molecule is CCc1nn(C)cc1-n1cc(CNCC(C)C)nn1. The summed E-state index contributed by atoms with van der Waals surface area (Å²) in [5.41, 5.74) is 2.99. The fraction of sp³-hybridized carbons (Fsp3) is 0.615. The molecule has 0 radical (unpaired) electrons. The van der Waals surface area contributed by atoms with Crippen LogP contribution in [-0.4, -0.2) is 31.3 Å². The lowest BCUT2D eigenvalue weighted by molar-refractivity contribution is 0.548. The molecule has 1 N–H and O–H groups in total. The van der Waals surface area contributed by atoms with Crippen molar-refractivity contribution in [1.29, 1.82) is 0 Å². The second-order valence-corrected chi connectivity index (χ2v) is 5.17. The molecular weight excluding hydrogens is 240 g/mol. The van der Waals surface area contributed by atoms with Gasteiger partial charge in [-0.3, -0.25) is 4.68 Å². The van der Waals surface area contributed by atoms with Gasteiger partial charge in [0.1, 0.15) is 5.69 Å². The minimum absolute atomic E-state index is 0.639. The number of hydrogen-bond donors (Lipinski definition) is 1. The lowest BCUT2D eigenvalue weighted by Crippen LogP contribution is -2.19. The van der Waals surface area contributed by atoms with E-state index >= 15 is 0 Å². The molecule has 0 bridgehead atoms. The molecular formula is C13H22N6. The van der Waals surface area contributed by atoms with Crippen LogP contribution in [0.3, 0.4) is 0 Å².